The summed E-state index contributed by atoms with van der Waals surface area (Å²) < 4.78 is 0. The number of aromatic hydroxyl groups is 1. The number of phenolic OH excluding ortho intramolecular Hbond substituents is 1. The van der Waals surface area contributed by atoms with E-state index in [0.717, 1.165) is 0 Å². The van der Waals surface area contributed by atoms with Crippen LogP contribution in [0.4, 0.5) is 0 Å². The van der Waals surface area contributed by atoms with Crippen LogP contribution < -0.4 is 5.73 Å². The summed E-state index contributed by atoms with van der Waals surface area (Å²) in [6.45, 7) is 0. The monoisotopic (exact) mass is 238 g/mol. The summed E-state index contributed by atoms with van der Waals surface area (Å²) in [5.41, 5.74) is 5.41. The minimum Gasteiger partial charge on any atom is -0.507 e. The van der Waals surface area contributed by atoms with Crippen molar-refractivity contribution in [3.63, 3.8) is 0 Å². The number of primary amides is 1. The molecule has 0 aliphatic rings. The summed E-state index contributed by atoms with van der Waals surface area (Å²) in [4.78, 5) is 11.1. The van der Waals surface area contributed by atoms with E-state index in [-0.39, 0.29) is 27.7 Å². The quantitative estimate of drug-likeness (QED) is 0.724. The number of aromatic amines is 1. The minimum absolute atomic E-state index is 0.0663. The maximum absolute atomic E-state index is 11.1. The van der Waals surface area contributed by atoms with Crippen molar-refractivity contribution in [2.75, 3.05) is 0 Å². The fourth-order valence-electron chi connectivity index (χ4n) is 1.32. The fourth-order valence-corrected chi connectivity index (χ4v) is 1.58. The Morgan fingerprint density at radius 3 is 2.81 bits per heavy atom. The molecule has 0 aliphatic carbocycles. The SMILES string of the molecule is NC(=O)c1n[nH]nc1-c1c(O)cccc1Cl. The molecular formula is C9H7ClN4O2. The molecule has 16 heavy (non-hydrogen) atoms. The number of benzene rings is 1. The maximum atomic E-state index is 11.1. The predicted octanol–water partition coefficient (Wildman–Crippen LogP) is 0.930. The lowest BCUT2D eigenvalue weighted by Crippen LogP contribution is -2.12. The van der Waals surface area contributed by atoms with Crippen molar-refractivity contribution in [3.05, 3.63) is 28.9 Å². The molecule has 0 spiro atoms. The van der Waals surface area contributed by atoms with Gasteiger partial charge in [0.15, 0.2) is 5.69 Å². The van der Waals surface area contributed by atoms with Crippen molar-refractivity contribution in [1.82, 2.24) is 15.4 Å². The third-order valence-corrected chi connectivity index (χ3v) is 2.32. The smallest absolute Gasteiger partial charge is 0.271 e. The van der Waals surface area contributed by atoms with Gasteiger partial charge in [0.25, 0.3) is 5.91 Å². The van der Waals surface area contributed by atoms with Gasteiger partial charge in [-0.2, -0.15) is 15.4 Å². The Bertz CT molecular complexity index is 532. The average Bonchev–Trinajstić information content (AvgIpc) is 2.66. The first-order chi connectivity index (χ1) is 7.61. The molecular weight excluding hydrogens is 232 g/mol. The topological polar surface area (TPSA) is 105 Å². The summed E-state index contributed by atoms with van der Waals surface area (Å²) in [6.07, 6.45) is 0. The van der Waals surface area contributed by atoms with Gasteiger partial charge in [-0.25, -0.2) is 0 Å². The predicted molar refractivity (Wildman–Crippen MR) is 57.0 cm³/mol. The third kappa shape index (κ3) is 1.59. The van der Waals surface area contributed by atoms with Crippen LogP contribution in [0.1, 0.15) is 10.5 Å². The molecule has 0 saturated carbocycles. The van der Waals surface area contributed by atoms with Crippen molar-refractivity contribution in [1.29, 1.82) is 0 Å². The van der Waals surface area contributed by atoms with Crippen LogP contribution in [0.5, 0.6) is 5.75 Å². The summed E-state index contributed by atoms with van der Waals surface area (Å²) in [6, 6.07) is 4.57. The lowest BCUT2D eigenvalue weighted by atomic mass is 10.1. The van der Waals surface area contributed by atoms with E-state index in [1.165, 1.54) is 6.07 Å². The third-order valence-electron chi connectivity index (χ3n) is 2.01. The molecule has 2 rings (SSSR count). The number of carbonyl (C=O) groups is 1. The van der Waals surface area contributed by atoms with Crippen LogP contribution in [0.25, 0.3) is 11.3 Å². The van der Waals surface area contributed by atoms with Crippen LogP contribution in [0.3, 0.4) is 0 Å². The number of hydrogen-bond acceptors (Lipinski definition) is 4. The molecule has 1 heterocycles. The van der Waals surface area contributed by atoms with E-state index in [2.05, 4.69) is 15.4 Å². The molecule has 0 saturated heterocycles. The lowest BCUT2D eigenvalue weighted by molar-refractivity contribution is 0.0996. The number of halogens is 1. The molecule has 2 aromatic rings. The van der Waals surface area contributed by atoms with Gasteiger partial charge < -0.3 is 10.8 Å². The van der Waals surface area contributed by atoms with Crippen molar-refractivity contribution in [3.8, 4) is 17.0 Å². The Balaban J connectivity index is 2.68. The van der Waals surface area contributed by atoms with E-state index < -0.39 is 5.91 Å². The van der Waals surface area contributed by atoms with Crippen LogP contribution in [-0.2, 0) is 0 Å². The first-order valence-electron chi connectivity index (χ1n) is 4.29. The summed E-state index contributed by atoms with van der Waals surface area (Å²) >= 11 is 5.90. The maximum Gasteiger partial charge on any atom is 0.271 e. The number of nitrogens with zero attached hydrogens (tertiary/aromatic N) is 2. The van der Waals surface area contributed by atoms with Gasteiger partial charge in [-0.3, -0.25) is 4.79 Å². The van der Waals surface area contributed by atoms with E-state index in [9.17, 15) is 9.90 Å². The number of nitrogens with two attached hydrogens (primary N) is 1. The molecule has 1 amide bonds. The molecule has 0 unspecified atom stereocenters. The van der Waals surface area contributed by atoms with Crippen LogP contribution in [0, 0.1) is 0 Å². The van der Waals surface area contributed by atoms with Crippen molar-refractivity contribution in [2.45, 2.75) is 0 Å². The summed E-state index contributed by atoms with van der Waals surface area (Å²) in [7, 11) is 0. The number of rotatable bonds is 2. The second-order valence-electron chi connectivity index (χ2n) is 3.02. The molecule has 0 aliphatic heterocycles. The highest BCUT2D eigenvalue weighted by molar-refractivity contribution is 6.33. The zero-order chi connectivity index (χ0) is 11.7. The average molecular weight is 239 g/mol. The Kier molecular flexibility index (Phi) is 2.49. The highest BCUT2D eigenvalue weighted by atomic mass is 35.5. The van der Waals surface area contributed by atoms with Gasteiger partial charge in [-0.1, -0.05) is 17.7 Å². The Morgan fingerprint density at radius 2 is 2.19 bits per heavy atom. The van der Waals surface area contributed by atoms with Gasteiger partial charge in [0, 0.05) is 0 Å². The zero-order valence-corrected chi connectivity index (χ0v) is 8.69. The number of carbonyl (C=O) groups excluding carboxylic acids is 1. The van der Waals surface area contributed by atoms with Gasteiger partial charge in [-0.05, 0) is 12.1 Å². The van der Waals surface area contributed by atoms with E-state index in [0.29, 0.717) is 0 Å². The van der Waals surface area contributed by atoms with Crippen LogP contribution in [0.2, 0.25) is 5.02 Å². The molecule has 7 heteroatoms. The number of aromatic nitrogens is 3. The summed E-state index contributed by atoms with van der Waals surface area (Å²) in [5.74, 6) is -0.841. The van der Waals surface area contributed by atoms with E-state index in [1.54, 1.807) is 12.1 Å². The number of phenols is 1. The molecule has 82 valence electrons. The first kappa shape index (κ1) is 10.4. The normalized spacial score (nSPS) is 10.3. The molecule has 1 aromatic carbocycles. The molecule has 0 fully saturated rings. The standard InChI is InChI=1S/C9H7ClN4O2/c10-4-2-1-3-5(15)6(4)7-8(9(11)16)13-14-12-7/h1-3,15H,(H2,11,16)(H,12,13,14). The number of hydrogen-bond donors (Lipinski definition) is 3. The van der Waals surface area contributed by atoms with Crippen LogP contribution in [0.15, 0.2) is 18.2 Å². The molecule has 1 aromatic heterocycles. The Labute approximate surface area is 95.0 Å². The highest BCUT2D eigenvalue weighted by Crippen LogP contribution is 2.35. The molecule has 0 atom stereocenters. The molecule has 4 N–H and O–H groups in total. The van der Waals surface area contributed by atoms with Crippen molar-refractivity contribution >= 4 is 17.5 Å². The van der Waals surface area contributed by atoms with Crippen LogP contribution >= 0.6 is 11.6 Å². The van der Waals surface area contributed by atoms with E-state index in [4.69, 9.17) is 17.3 Å². The molecule has 0 bridgehead atoms. The van der Waals surface area contributed by atoms with Gasteiger partial charge in [0.1, 0.15) is 11.4 Å². The zero-order valence-electron chi connectivity index (χ0n) is 7.94. The van der Waals surface area contributed by atoms with Gasteiger partial charge >= 0.3 is 0 Å². The second kappa shape index (κ2) is 3.82. The second-order valence-corrected chi connectivity index (χ2v) is 3.43. The van der Waals surface area contributed by atoms with Gasteiger partial charge in [0.2, 0.25) is 0 Å². The van der Waals surface area contributed by atoms with E-state index >= 15 is 0 Å². The number of amides is 1. The molecule has 6 nitrogen and oxygen atoms in total. The van der Waals surface area contributed by atoms with E-state index in [1.807, 2.05) is 0 Å². The van der Waals surface area contributed by atoms with Gasteiger partial charge in [-0.15, -0.1) is 0 Å². The van der Waals surface area contributed by atoms with Crippen molar-refractivity contribution < 1.29 is 9.90 Å². The Morgan fingerprint density at radius 1 is 1.44 bits per heavy atom. The molecule has 0 radical (unpaired) electrons. The number of H-pyrrole nitrogens is 1. The largest absolute Gasteiger partial charge is 0.507 e. The van der Waals surface area contributed by atoms with Crippen molar-refractivity contribution in [2.24, 2.45) is 5.73 Å². The minimum atomic E-state index is -0.747. The Hall–Kier alpha value is -2.08. The lowest BCUT2D eigenvalue weighted by Gasteiger charge is -2.03. The van der Waals surface area contributed by atoms with Crippen LogP contribution in [-0.4, -0.2) is 26.4 Å². The fraction of sp³-hybridized carbons (Fsp3) is 0. The summed E-state index contributed by atoms with van der Waals surface area (Å²) in [5, 5.41) is 19.5. The first-order valence-corrected chi connectivity index (χ1v) is 4.67. The van der Waals surface area contributed by atoms with Gasteiger partial charge in [0.05, 0.1) is 10.6 Å². The highest BCUT2D eigenvalue weighted by Gasteiger charge is 2.20. The number of nitrogens with one attached hydrogen (secondary N) is 1.